The summed E-state index contributed by atoms with van der Waals surface area (Å²) in [5, 5.41) is 8.52. The highest BCUT2D eigenvalue weighted by atomic mass is 32.2. The Balaban J connectivity index is 0.000000236. The summed E-state index contributed by atoms with van der Waals surface area (Å²) in [5.41, 5.74) is -4.45. The van der Waals surface area contributed by atoms with Crippen LogP contribution in [-0.4, -0.2) is 30.2 Å². The van der Waals surface area contributed by atoms with Crippen LogP contribution in [0, 0.1) is 0 Å². The van der Waals surface area contributed by atoms with Crippen molar-refractivity contribution in [2.75, 3.05) is 6.61 Å². The molecule has 0 fully saturated rings. The lowest BCUT2D eigenvalue weighted by molar-refractivity contribution is -0.0517. The predicted molar refractivity (Wildman–Crippen MR) is 111 cm³/mol. The SMILES string of the molecule is O=S(=O)([O-])C(F)(F)F.OCCc1ccccc1.c1ccc([SH+]c2ccccc2)cc1. The third-order valence-corrected chi connectivity index (χ3v) is 4.98. The van der Waals surface area contributed by atoms with Gasteiger partial charge in [-0.05, 0) is 36.2 Å². The molecule has 0 aliphatic carbocycles. The van der Waals surface area contributed by atoms with Gasteiger partial charge in [0.15, 0.2) is 19.9 Å². The van der Waals surface area contributed by atoms with Gasteiger partial charge in [-0.2, -0.15) is 13.2 Å². The second-order valence-electron chi connectivity index (χ2n) is 5.64. The molecule has 30 heavy (non-hydrogen) atoms. The number of halogens is 3. The second-order valence-corrected chi connectivity index (χ2v) is 8.27. The van der Waals surface area contributed by atoms with Gasteiger partial charge in [0.1, 0.15) is 0 Å². The van der Waals surface area contributed by atoms with Crippen LogP contribution in [0.4, 0.5) is 13.2 Å². The molecule has 0 saturated heterocycles. The van der Waals surface area contributed by atoms with Gasteiger partial charge < -0.3 is 9.66 Å². The standard InChI is InChI=1S/C12H10S.C8H10O.CHF3O3S/c1-3-7-11(8-4-1)13-12-9-5-2-6-10-12;9-7-6-8-4-2-1-3-5-8;2-1(3,4)8(5,6)7/h1-10H;1-5,9H,6-7H2;(H,5,6,7). The molecule has 0 saturated carbocycles. The fraction of sp³-hybridized carbons (Fsp3) is 0.143. The summed E-state index contributed by atoms with van der Waals surface area (Å²) in [5.74, 6) is 0. The lowest BCUT2D eigenvalue weighted by atomic mass is 10.2. The number of aliphatic hydroxyl groups excluding tert-OH is 1. The fourth-order valence-corrected chi connectivity index (χ4v) is 2.87. The van der Waals surface area contributed by atoms with E-state index in [0.717, 1.165) is 6.42 Å². The minimum atomic E-state index is -6.09. The zero-order chi connectivity index (χ0) is 22.5. The molecule has 3 aromatic rings. The van der Waals surface area contributed by atoms with Crippen molar-refractivity contribution in [3.8, 4) is 0 Å². The van der Waals surface area contributed by atoms with E-state index in [4.69, 9.17) is 18.1 Å². The maximum atomic E-state index is 10.7. The van der Waals surface area contributed by atoms with E-state index < -0.39 is 15.6 Å². The van der Waals surface area contributed by atoms with Gasteiger partial charge in [0.2, 0.25) is 0 Å². The Bertz CT molecular complexity index is 897. The molecular formula is C21H21F3O4S2. The molecule has 0 aliphatic rings. The van der Waals surface area contributed by atoms with Gasteiger partial charge >= 0.3 is 5.51 Å². The van der Waals surface area contributed by atoms with Crippen LogP contribution in [0.15, 0.2) is 101 Å². The maximum Gasteiger partial charge on any atom is 0.485 e. The molecule has 3 rings (SSSR count). The van der Waals surface area contributed by atoms with E-state index in [2.05, 4.69) is 48.5 Å². The number of hydrogen-bond acceptors (Lipinski definition) is 4. The zero-order valence-corrected chi connectivity index (χ0v) is 17.4. The summed E-state index contributed by atoms with van der Waals surface area (Å²) in [6.45, 7) is 0.240. The van der Waals surface area contributed by atoms with Gasteiger partial charge in [-0.15, -0.1) is 0 Å². The average molecular weight is 459 g/mol. The predicted octanol–water partition coefficient (Wildman–Crippen LogP) is 4.19. The maximum absolute atomic E-state index is 10.7. The van der Waals surface area contributed by atoms with E-state index in [9.17, 15) is 13.2 Å². The first-order chi connectivity index (χ1) is 14.1. The van der Waals surface area contributed by atoms with E-state index in [1.165, 1.54) is 27.1 Å². The summed E-state index contributed by atoms with van der Waals surface area (Å²) in [6, 6.07) is 30.9. The van der Waals surface area contributed by atoms with Crippen molar-refractivity contribution >= 4 is 21.9 Å². The van der Waals surface area contributed by atoms with E-state index >= 15 is 0 Å². The van der Waals surface area contributed by atoms with Gasteiger partial charge in [-0.1, -0.05) is 66.7 Å². The van der Waals surface area contributed by atoms with Gasteiger partial charge in [0.05, 0.1) is 0 Å². The highest BCUT2D eigenvalue weighted by Gasteiger charge is 2.36. The number of aliphatic hydroxyl groups is 1. The third kappa shape index (κ3) is 11.0. The topological polar surface area (TPSA) is 77.4 Å². The first-order valence-corrected chi connectivity index (χ1v) is 10.9. The number of rotatable bonds is 4. The first-order valence-electron chi connectivity index (χ1n) is 8.62. The van der Waals surface area contributed by atoms with Crippen LogP contribution in [0.3, 0.4) is 0 Å². The highest BCUT2D eigenvalue weighted by Crippen LogP contribution is 2.20. The van der Waals surface area contributed by atoms with Crippen molar-refractivity contribution < 1.29 is 31.2 Å². The zero-order valence-electron chi connectivity index (χ0n) is 15.7. The monoisotopic (exact) mass is 458 g/mol. The molecule has 162 valence electrons. The van der Waals surface area contributed by atoms with Crippen LogP contribution < -0.4 is 0 Å². The van der Waals surface area contributed by atoms with Crippen LogP contribution in [0.25, 0.3) is 0 Å². The molecular weight excluding hydrogens is 437 g/mol. The lowest BCUT2D eigenvalue weighted by Gasteiger charge is -2.08. The van der Waals surface area contributed by atoms with Crippen LogP contribution >= 0.6 is 0 Å². The molecule has 0 radical (unpaired) electrons. The van der Waals surface area contributed by atoms with E-state index in [1.807, 2.05) is 42.5 Å². The molecule has 0 unspecified atom stereocenters. The summed E-state index contributed by atoms with van der Waals surface area (Å²) in [6.07, 6.45) is 0.765. The van der Waals surface area contributed by atoms with Crippen LogP contribution in [0.1, 0.15) is 5.56 Å². The Morgan fingerprint density at radius 1 is 0.767 bits per heavy atom. The molecule has 0 aliphatic heterocycles. The number of thiol groups is 1. The Morgan fingerprint density at radius 2 is 1.10 bits per heavy atom. The van der Waals surface area contributed by atoms with Crippen LogP contribution in [0.2, 0.25) is 0 Å². The smallest absolute Gasteiger partial charge is 0.485 e. The summed E-state index contributed by atoms with van der Waals surface area (Å²) < 4.78 is 58.9. The molecule has 0 spiro atoms. The molecule has 0 heterocycles. The Kier molecular flexibility index (Phi) is 11.2. The van der Waals surface area contributed by atoms with Crippen molar-refractivity contribution in [3.05, 3.63) is 96.6 Å². The van der Waals surface area contributed by atoms with Gasteiger partial charge in [-0.3, -0.25) is 0 Å². The number of hydrogen-bond donors (Lipinski definition) is 1. The molecule has 3 aromatic carbocycles. The van der Waals surface area contributed by atoms with Crippen molar-refractivity contribution in [1.82, 2.24) is 0 Å². The van der Waals surface area contributed by atoms with Crippen molar-refractivity contribution in [2.24, 2.45) is 0 Å². The summed E-state index contributed by atoms with van der Waals surface area (Å²) >= 11 is 1.28. The van der Waals surface area contributed by atoms with Gasteiger partial charge in [-0.25, -0.2) is 8.42 Å². The van der Waals surface area contributed by atoms with Crippen LogP contribution in [-0.2, 0) is 28.3 Å². The molecule has 9 heteroatoms. The normalized spacial score (nSPS) is 10.8. The van der Waals surface area contributed by atoms with Gasteiger partial charge in [0, 0.05) is 18.4 Å². The molecule has 0 bridgehead atoms. The fourth-order valence-electron chi connectivity index (χ4n) is 1.93. The number of benzene rings is 3. The minimum Gasteiger partial charge on any atom is -0.741 e. The molecule has 4 nitrogen and oxygen atoms in total. The second kappa shape index (κ2) is 13.1. The molecule has 0 atom stereocenters. The van der Waals surface area contributed by atoms with E-state index in [1.54, 1.807) is 0 Å². The highest BCUT2D eigenvalue weighted by molar-refractivity contribution is 7.86. The molecule has 0 amide bonds. The first kappa shape index (κ1) is 25.7. The van der Waals surface area contributed by atoms with Crippen LogP contribution in [0.5, 0.6) is 0 Å². The number of alkyl halides is 3. The lowest BCUT2D eigenvalue weighted by Crippen LogP contribution is -2.21. The third-order valence-electron chi connectivity index (χ3n) is 3.30. The largest absolute Gasteiger partial charge is 0.741 e. The van der Waals surface area contributed by atoms with Crippen molar-refractivity contribution in [2.45, 2.75) is 21.7 Å². The minimum absolute atomic E-state index is 0.240. The van der Waals surface area contributed by atoms with Crippen molar-refractivity contribution in [1.29, 1.82) is 0 Å². The Hall–Kier alpha value is -2.33. The average Bonchev–Trinajstić information content (AvgIpc) is 2.70. The summed E-state index contributed by atoms with van der Waals surface area (Å²) in [4.78, 5) is 2.68. The Labute approximate surface area is 178 Å². The van der Waals surface area contributed by atoms with Crippen molar-refractivity contribution in [3.63, 3.8) is 0 Å². The molecule has 1 N–H and O–H groups in total. The quantitative estimate of drug-likeness (QED) is 0.275. The Morgan fingerprint density at radius 3 is 1.40 bits per heavy atom. The van der Waals surface area contributed by atoms with Gasteiger partial charge in [0.25, 0.3) is 0 Å². The van der Waals surface area contributed by atoms with E-state index in [-0.39, 0.29) is 6.61 Å². The molecule has 0 aromatic heterocycles. The summed E-state index contributed by atoms with van der Waals surface area (Å²) in [7, 11) is -6.09. The van der Waals surface area contributed by atoms with E-state index in [0.29, 0.717) is 0 Å².